The zero-order valence-electron chi connectivity index (χ0n) is 12.9. The van der Waals surface area contributed by atoms with Crippen LogP contribution < -0.4 is 11.1 Å². The molecule has 118 valence electrons. The zero-order chi connectivity index (χ0) is 15.6. The summed E-state index contributed by atoms with van der Waals surface area (Å²) in [5.74, 6) is -0.0382. The Labute approximate surface area is 131 Å². The van der Waals surface area contributed by atoms with E-state index in [1.54, 1.807) is 12.4 Å². The number of aryl methyl sites for hydroxylation is 1. The average Bonchev–Trinajstić information content (AvgIpc) is 3.02. The Morgan fingerprint density at radius 2 is 1.91 bits per heavy atom. The summed E-state index contributed by atoms with van der Waals surface area (Å²) in [6.07, 6.45) is 9.86. The molecule has 5 nitrogen and oxygen atoms in total. The van der Waals surface area contributed by atoms with E-state index in [1.165, 1.54) is 0 Å². The van der Waals surface area contributed by atoms with Gasteiger partial charge >= 0.3 is 0 Å². The molecule has 0 aliphatic rings. The standard InChI is InChI=1S/C17H24N4O/c18-9-3-1-2-4-12-21-13-5-6-16(21)17(22)20-14-15-7-10-19-11-8-15/h5-8,10-11,13H,1-4,9,12,14,18H2,(H,20,22). The summed E-state index contributed by atoms with van der Waals surface area (Å²) in [7, 11) is 0. The SMILES string of the molecule is NCCCCCCn1cccc1C(=O)NCc1ccncc1. The zero-order valence-corrected chi connectivity index (χ0v) is 12.9. The fourth-order valence-corrected chi connectivity index (χ4v) is 2.37. The molecule has 2 aromatic rings. The van der Waals surface area contributed by atoms with Gasteiger partial charge in [0.2, 0.25) is 0 Å². The highest BCUT2D eigenvalue weighted by molar-refractivity contribution is 5.92. The number of nitrogens with zero attached hydrogens (tertiary/aromatic N) is 2. The lowest BCUT2D eigenvalue weighted by atomic mass is 10.2. The Balaban J connectivity index is 1.81. The number of aromatic nitrogens is 2. The van der Waals surface area contributed by atoms with E-state index < -0.39 is 0 Å². The first-order valence-corrected chi connectivity index (χ1v) is 7.83. The summed E-state index contributed by atoms with van der Waals surface area (Å²) in [5, 5.41) is 2.95. The lowest BCUT2D eigenvalue weighted by Gasteiger charge is -2.10. The van der Waals surface area contributed by atoms with Crippen LogP contribution in [-0.2, 0) is 13.1 Å². The number of carbonyl (C=O) groups excluding carboxylic acids is 1. The van der Waals surface area contributed by atoms with Gasteiger partial charge in [-0.1, -0.05) is 12.8 Å². The summed E-state index contributed by atoms with van der Waals surface area (Å²) >= 11 is 0. The van der Waals surface area contributed by atoms with Crippen LogP contribution >= 0.6 is 0 Å². The molecule has 3 N–H and O–H groups in total. The van der Waals surface area contributed by atoms with Gasteiger partial charge in [-0.3, -0.25) is 9.78 Å². The van der Waals surface area contributed by atoms with E-state index in [9.17, 15) is 4.79 Å². The molecule has 0 spiro atoms. The van der Waals surface area contributed by atoms with Gasteiger partial charge in [0.05, 0.1) is 0 Å². The first kappa shape index (κ1) is 16.2. The summed E-state index contributed by atoms with van der Waals surface area (Å²) in [5.41, 5.74) is 7.25. The second-order valence-corrected chi connectivity index (χ2v) is 5.33. The molecule has 0 radical (unpaired) electrons. The molecule has 0 aromatic carbocycles. The Hall–Kier alpha value is -2.14. The van der Waals surface area contributed by atoms with E-state index in [2.05, 4.69) is 10.3 Å². The third kappa shape index (κ3) is 5.00. The number of unbranched alkanes of at least 4 members (excludes halogenated alkanes) is 3. The van der Waals surface area contributed by atoms with Crippen molar-refractivity contribution in [3.63, 3.8) is 0 Å². The van der Waals surface area contributed by atoms with Crippen LogP contribution in [0, 0.1) is 0 Å². The normalized spacial score (nSPS) is 10.6. The number of hydrogen-bond donors (Lipinski definition) is 2. The van der Waals surface area contributed by atoms with Gasteiger partial charge in [0.25, 0.3) is 5.91 Å². The fraction of sp³-hybridized carbons (Fsp3) is 0.412. The van der Waals surface area contributed by atoms with E-state index >= 15 is 0 Å². The van der Waals surface area contributed by atoms with Gasteiger partial charge in [-0.05, 0) is 49.2 Å². The van der Waals surface area contributed by atoms with Crippen LogP contribution in [0.25, 0.3) is 0 Å². The molecule has 0 aliphatic carbocycles. The highest BCUT2D eigenvalue weighted by Gasteiger charge is 2.10. The molecule has 0 fully saturated rings. The minimum atomic E-state index is -0.0382. The molecule has 5 heteroatoms. The Morgan fingerprint density at radius 1 is 1.14 bits per heavy atom. The van der Waals surface area contributed by atoms with Gasteiger partial charge in [-0.25, -0.2) is 0 Å². The van der Waals surface area contributed by atoms with Crippen molar-refractivity contribution in [2.45, 2.75) is 38.8 Å². The number of amides is 1. The van der Waals surface area contributed by atoms with Crippen molar-refractivity contribution < 1.29 is 4.79 Å². The molecule has 0 saturated carbocycles. The van der Waals surface area contributed by atoms with Crippen LogP contribution in [0.1, 0.15) is 41.7 Å². The van der Waals surface area contributed by atoms with Gasteiger partial charge in [0.15, 0.2) is 0 Å². The monoisotopic (exact) mass is 300 g/mol. The number of pyridine rings is 1. The van der Waals surface area contributed by atoms with E-state index in [0.29, 0.717) is 12.2 Å². The van der Waals surface area contributed by atoms with E-state index in [-0.39, 0.29) is 5.91 Å². The molecule has 0 bridgehead atoms. The molecule has 2 aromatic heterocycles. The van der Waals surface area contributed by atoms with Gasteiger partial charge in [0.1, 0.15) is 5.69 Å². The van der Waals surface area contributed by atoms with Crippen LogP contribution in [0.3, 0.4) is 0 Å². The predicted octanol–water partition coefficient (Wildman–Crippen LogP) is 2.33. The highest BCUT2D eigenvalue weighted by atomic mass is 16.1. The minimum absolute atomic E-state index is 0.0382. The molecule has 2 heterocycles. The maximum absolute atomic E-state index is 12.3. The number of hydrogen-bond acceptors (Lipinski definition) is 3. The van der Waals surface area contributed by atoms with Gasteiger partial charge in [0, 0.05) is 31.7 Å². The predicted molar refractivity (Wildman–Crippen MR) is 87.4 cm³/mol. The molecule has 1 amide bonds. The number of nitrogens with one attached hydrogen (secondary N) is 1. The first-order valence-electron chi connectivity index (χ1n) is 7.83. The third-order valence-corrected chi connectivity index (χ3v) is 3.62. The lowest BCUT2D eigenvalue weighted by Crippen LogP contribution is -2.25. The fourth-order valence-electron chi connectivity index (χ4n) is 2.37. The van der Waals surface area contributed by atoms with Crippen molar-refractivity contribution >= 4 is 5.91 Å². The molecular weight excluding hydrogens is 276 g/mol. The molecule has 22 heavy (non-hydrogen) atoms. The summed E-state index contributed by atoms with van der Waals surface area (Å²) in [6, 6.07) is 7.58. The molecule has 0 saturated heterocycles. The van der Waals surface area contributed by atoms with E-state index in [0.717, 1.165) is 44.3 Å². The Bertz CT molecular complexity index is 565. The molecular formula is C17H24N4O. The minimum Gasteiger partial charge on any atom is -0.347 e. The van der Waals surface area contributed by atoms with Crippen LogP contribution in [0.15, 0.2) is 42.9 Å². The van der Waals surface area contributed by atoms with Crippen molar-refractivity contribution in [3.05, 3.63) is 54.1 Å². The van der Waals surface area contributed by atoms with Crippen molar-refractivity contribution in [1.82, 2.24) is 14.9 Å². The largest absolute Gasteiger partial charge is 0.347 e. The second kappa shape index (κ2) is 9.00. The number of carbonyl (C=O) groups is 1. The van der Waals surface area contributed by atoms with Gasteiger partial charge in [-0.15, -0.1) is 0 Å². The summed E-state index contributed by atoms with van der Waals surface area (Å²) < 4.78 is 2.02. The summed E-state index contributed by atoms with van der Waals surface area (Å²) in [4.78, 5) is 16.2. The lowest BCUT2D eigenvalue weighted by molar-refractivity contribution is 0.0941. The van der Waals surface area contributed by atoms with Crippen molar-refractivity contribution in [2.75, 3.05) is 6.54 Å². The highest BCUT2D eigenvalue weighted by Crippen LogP contribution is 2.07. The van der Waals surface area contributed by atoms with Crippen LogP contribution in [0.2, 0.25) is 0 Å². The first-order chi connectivity index (χ1) is 10.8. The Morgan fingerprint density at radius 3 is 2.68 bits per heavy atom. The van der Waals surface area contributed by atoms with Gasteiger partial charge in [-0.2, -0.15) is 0 Å². The Kier molecular flexibility index (Phi) is 6.64. The van der Waals surface area contributed by atoms with Crippen LogP contribution in [0.5, 0.6) is 0 Å². The van der Waals surface area contributed by atoms with Crippen molar-refractivity contribution in [2.24, 2.45) is 5.73 Å². The molecule has 0 unspecified atom stereocenters. The summed E-state index contributed by atoms with van der Waals surface area (Å²) in [6.45, 7) is 2.14. The maximum Gasteiger partial charge on any atom is 0.268 e. The third-order valence-electron chi connectivity index (χ3n) is 3.62. The van der Waals surface area contributed by atoms with Crippen molar-refractivity contribution in [3.8, 4) is 0 Å². The average molecular weight is 300 g/mol. The van der Waals surface area contributed by atoms with Crippen molar-refractivity contribution in [1.29, 1.82) is 0 Å². The number of rotatable bonds is 9. The topological polar surface area (TPSA) is 72.9 Å². The molecule has 0 aliphatic heterocycles. The second-order valence-electron chi connectivity index (χ2n) is 5.33. The smallest absolute Gasteiger partial charge is 0.268 e. The quantitative estimate of drug-likeness (QED) is 0.698. The van der Waals surface area contributed by atoms with Crippen LogP contribution in [-0.4, -0.2) is 22.0 Å². The maximum atomic E-state index is 12.3. The molecule has 2 rings (SSSR count). The number of nitrogens with two attached hydrogens (primary N) is 1. The van der Waals surface area contributed by atoms with Crippen LogP contribution in [0.4, 0.5) is 0 Å². The van der Waals surface area contributed by atoms with E-state index in [4.69, 9.17) is 5.73 Å². The van der Waals surface area contributed by atoms with E-state index in [1.807, 2.05) is 35.0 Å². The van der Waals surface area contributed by atoms with Gasteiger partial charge < -0.3 is 15.6 Å². The molecule has 0 atom stereocenters.